The molecule has 9 nitrogen and oxygen atoms in total. The number of amides is 1. The summed E-state index contributed by atoms with van der Waals surface area (Å²) in [6.07, 6.45) is 5.64. The average molecular weight is 599 g/mol. The van der Waals surface area contributed by atoms with Crippen LogP contribution in [-0.2, 0) is 52.3 Å². The highest BCUT2D eigenvalue weighted by atomic mass is 32.2. The maximum absolute atomic E-state index is 13.0. The molecule has 2 aromatic carbocycles. The molecule has 0 atom stereocenters. The van der Waals surface area contributed by atoms with Crippen LogP contribution in [0.1, 0.15) is 75.5 Å². The highest BCUT2D eigenvalue weighted by Gasteiger charge is 2.25. The molecular weight excluding hydrogens is 552 g/mol. The first-order chi connectivity index (χ1) is 19.9. The molecule has 1 amide bonds. The molecule has 3 rings (SSSR count). The molecule has 42 heavy (non-hydrogen) atoms. The van der Waals surface area contributed by atoms with Gasteiger partial charge in [0.25, 0.3) is 0 Å². The van der Waals surface area contributed by atoms with E-state index in [1.165, 1.54) is 22.9 Å². The fraction of sp³-hybridized carbons (Fsp3) is 0.500. The van der Waals surface area contributed by atoms with Gasteiger partial charge in [-0.25, -0.2) is 22.2 Å². The number of nitrogens with zero attached hydrogens (tertiary/aromatic N) is 4. The molecule has 0 aliphatic carbocycles. The Morgan fingerprint density at radius 2 is 1.33 bits per heavy atom. The lowest BCUT2D eigenvalue weighted by Gasteiger charge is -2.27. The number of carbonyl (C=O) groups excluding carboxylic acids is 1. The number of carbonyl (C=O) groups is 1. The van der Waals surface area contributed by atoms with Crippen LogP contribution < -0.4 is 0 Å². The van der Waals surface area contributed by atoms with Crippen LogP contribution in [0.15, 0.2) is 60.9 Å². The molecule has 0 radical (unpaired) electrons. The first-order valence-electron chi connectivity index (χ1n) is 14.5. The second kappa shape index (κ2) is 15.3. The summed E-state index contributed by atoms with van der Waals surface area (Å²) < 4.78 is 36.9. The number of rotatable bonds is 15. The van der Waals surface area contributed by atoms with E-state index in [4.69, 9.17) is 9.47 Å². The summed E-state index contributed by atoms with van der Waals surface area (Å²) in [5, 5.41) is 0. The summed E-state index contributed by atoms with van der Waals surface area (Å²) in [6.45, 7) is 14.2. The summed E-state index contributed by atoms with van der Waals surface area (Å²) >= 11 is 0. The lowest BCUT2D eigenvalue weighted by Crippen LogP contribution is -2.37. The van der Waals surface area contributed by atoms with Crippen molar-refractivity contribution in [3.8, 4) is 0 Å². The SMILES string of the molecule is CCCN(CCC)Cc1ccc(COCc2ccc(CN(Cc3nccn3S(C)(=O)=O)C(=O)OC(C)(C)C)cc2)cc1. The van der Waals surface area contributed by atoms with E-state index < -0.39 is 21.7 Å². The van der Waals surface area contributed by atoms with Gasteiger partial charge in [0.05, 0.1) is 26.0 Å². The third-order valence-corrected chi connectivity index (χ3v) is 7.51. The van der Waals surface area contributed by atoms with Crippen LogP contribution in [0.2, 0.25) is 0 Å². The van der Waals surface area contributed by atoms with Crippen molar-refractivity contribution in [3.63, 3.8) is 0 Å². The molecule has 0 N–H and O–H groups in total. The number of hydrogen-bond donors (Lipinski definition) is 0. The molecule has 3 aromatic rings. The van der Waals surface area contributed by atoms with Crippen molar-refractivity contribution in [1.82, 2.24) is 18.8 Å². The van der Waals surface area contributed by atoms with E-state index in [-0.39, 0.29) is 18.9 Å². The van der Waals surface area contributed by atoms with Gasteiger partial charge in [-0.05, 0) is 69.0 Å². The molecule has 10 heteroatoms. The zero-order valence-corrected chi connectivity index (χ0v) is 26.7. The standard InChI is InChI=1S/C32H46N4O5S/c1-7-18-34(19-8-2)21-26-9-13-28(14-10-26)24-40-25-29-15-11-27(12-16-29)22-35(31(37)41-32(3,4)5)23-30-33-17-20-36(30)42(6,38)39/h9-17,20H,7-8,18-19,21-25H2,1-6H3. The van der Waals surface area contributed by atoms with Gasteiger partial charge in [0.2, 0.25) is 10.0 Å². The predicted molar refractivity (Wildman–Crippen MR) is 165 cm³/mol. The van der Waals surface area contributed by atoms with Gasteiger partial charge in [-0.3, -0.25) is 9.80 Å². The van der Waals surface area contributed by atoms with Crippen LogP contribution in [0.5, 0.6) is 0 Å². The monoisotopic (exact) mass is 598 g/mol. The molecule has 0 aliphatic rings. The molecular formula is C32H46N4O5S. The first-order valence-corrected chi connectivity index (χ1v) is 16.4. The quantitative estimate of drug-likeness (QED) is 0.213. The average Bonchev–Trinajstić information content (AvgIpc) is 3.39. The van der Waals surface area contributed by atoms with E-state index in [1.54, 1.807) is 20.8 Å². The minimum atomic E-state index is -3.56. The number of benzene rings is 2. The number of aromatic nitrogens is 2. The molecule has 0 aliphatic heterocycles. The van der Waals surface area contributed by atoms with Crippen molar-refractivity contribution in [3.05, 3.63) is 89.0 Å². The van der Waals surface area contributed by atoms with Gasteiger partial charge < -0.3 is 9.47 Å². The number of ether oxygens (including phenoxy) is 2. The third-order valence-electron chi connectivity index (χ3n) is 6.46. The van der Waals surface area contributed by atoms with Crippen LogP contribution in [0.4, 0.5) is 4.79 Å². The van der Waals surface area contributed by atoms with Crippen LogP contribution >= 0.6 is 0 Å². The molecule has 0 unspecified atom stereocenters. The van der Waals surface area contributed by atoms with Crippen molar-refractivity contribution in [2.24, 2.45) is 0 Å². The van der Waals surface area contributed by atoms with E-state index in [1.807, 2.05) is 24.3 Å². The smallest absolute Gasteiger partial charge is 0.410 e. The topological polar surface area (TPSA) is 94.0 Å². The summed E-state index contributed by atoms with van der Waals surface area (Å²) in [7, 11) is -3.56. The number of hydrogen-bond acceptors (Lipinski definition) is 7. The van der Waals surface area contributed by atoms with Gasteiger partial charge in [0.1, 0.15) is 11.4 Å². The molecule has 0 bridgehead atoms. The highest BCUT2D eigenvalue weighted by Crippen LogP contribution is 2.17. The Kier molecular flexibility index (Phi) is 12.1. The highest BCUT2D eigenvalue weighted by molar-refractivity contribution is 7.89. The molecule has 0 spiro atoms. The Labute approximate surface area is 251 Å². The summed E-state index contributed by atoms with van der Waals surface area (Å²) in [4.78, 5) is 21.1. The second-order valence-electron chi connectivity index (χ2n) is 11.6. The fourth-order valence-corrected chi connectivity index (χ4v) is 5.33. The van der Waals surface area contributed by atoms with Crippen LogP contribution in [0.3, 0.4) is 0 Å². The van der Waals surface area contributed by atoms with Crippen molar-refractivity contribution < 1.29 is 22.7 Å². The van der Waals surface area contributed by atoms with E-state index in [0.29, 0.717) is 13.2 Å². The fourth-order valence-electron chi connectivity index (χ4n) is 4.57. The molecule has 1 heterocycles. The van der Waals surface area contributed by atoms with Crippen molar-refractivity contribution in [2.45, 2.75) is 85.9 Å². The zero-order valence-electron chi connectivity index (χ0n) is 25.9. The van der Waals surface area contributed by atoms with Gasteiger partial charge >= 0.3 is 6.09 Å². The maximum Gasteiger partial charge on any atom is 0.410 e. The van der Waals surface area contributed by atoms with Crippen molar-refractivity contribution in [2.75, 3.05) is 19.3 Å². The Hall–Kier alpha value is -3.21. The van der Waals surface area contributed by atoms with E-state index in [0.717, 1.165) is 59.4 Å². The van der Waals surface area contributed by atoms with Gasteiger partial charge in [0, 0.05) is 25.5 Å². The lowest BCUT2D eigenvalue weighted by molar-refractivity contribution is 0.0211. The largest absolute Gasteiger partial charge is 0.444 e. The molecule has 1 aromatic heterocycles. The summed E-state index contributed by atoms with van der Waals surface area (Å²) in [5.74, 6) is 0.237. The molecule has 230 valence electrons. The van der Waals surface area contributed by atoms with E-state index >= 15 is 0 Å². The van der Waals surface area contributed by atoms with E-state index in [9.17, 15) is 13.2 Å². The summed E-state index contributed by atoms with van der Waals surface area (Å²) in [5.41, 5.74) is 3.64. The Morgan fingerprint density at radius 3 is 1.81 bits per heavy atom. The van der Waals surface area contributed by atoms with Crippen molar-refractivity contribution in [1.29, 1.82) is 0 Å². The normalized spacial score (nSPS) is 12.1. The van der Waals surface area contributed by atoms with Gasteiger partial charge in [0.15, 0.2) is 0 Å². The van der Waals surface area contributed by atoms with Crippen LogP contribution in [0, 0.1) is 0 Å². The Balaban J connectivity index is 1.58. The minimum Gasteiger partial charge on any atom is -0.444 e. The third kappa shape index (κ3) is 10.9. The van der Waals surface area contributed by atoms with Gasteiger partial charge in [-0.1, -0.05) is 62.4 Å². The first kappa shape index (κ1) is 33.3. The summed E-state index contributed by atoms with van der Waals surface area (Å²) in [6, 6.07) is 16.5. The second-order valence-corrected chi connectivity index (χ2v) is 13.5. The zero-order chi connectivity index (χ0) is 30.8. The Bertz CT molecular complexity index is 1360. The van der Waals surface area contributed by atoms with E-state index in [2.05, 4.69) is 48.0 Å². The minimum absolute atomic E-state index is 0.0200. The van der Waals surface area contributed by atoms with Gasteiger partial charge in [-0.2, -0.15) is 0 Å². The van der Waals surface area contributed by atoms with Crippen LogP contribution in [-0.4, -0.2) is 58.2 Å². The van der Waals surface area contributed by atoms with Crippen LogP contribution in [0.25, 0.3) is 0 Å². The molecule has 0 saturated carbocycles. The van der Waals surface area contributed by atoms with Crippen molar-refractivity contribution >= 4 is 16.1 Å². The maximum atomic E-state index is 13.0. The molecule has 0 saturated heterocycles. The molecule has 0 fully saturated rings. The van der Waals surface area contributed by atoms with Gasteiger partial charge in [-0.15, -0.1) is 0 Å². The predicted octanol–water partition coefficient (Wildman–Crippen LogP) is 5.97. The Morgan fingerprint density at radius 1 is 0.833 bits per heavy atom. The number of imidazole rings is 1. The lowest BCUT2D eigenvalue weighted by atomic mass is 10.1.